The molecule has 0 radical (unpaired) electrons. The lowest BCUT2D eigenvalue weighted by Crippen LogP contribution is -2.30. The van der Waals surface area contributed by atoms with Crippen molar-refractivity contribution >= 4 is 17.9 Å². The van der Waals surface area contributed by atoms with Crippen LogP contribution in [0.5, 0.6) is 0 Å². The number of hydrogen-bond donors (Lipinski definition) is 0. The minimum absolute atomic E-state index is 0.111. The summed E-state index contributed by atoms with van der Waals surface area (Å²) in [6.45, 7) is 6.34. The average molecular weight is 1100 g/mol. The molecule has 0 aromatic heterocycles. The lowest BCUT2D eigenvalue weighted by Gasteiger charge is -2.18. The van der Waals surface area contributed by atoms with Gasteiger partial charge in [-0.3, -0.25) is 14.4 Å². The zero-order valence-corrected chi connectivity index (χ0v) is 51.3. The average Bonchev–Trinajstić information content (AvgIpc) is 3.46. The van der Waals surface area contributed by atoms with Crippen LogP contribution in [0.2, 0.25) is 0 Å². The number of unbranched alkanes of at least 4 members (excludes halogenated alkanes) is 17. The molecule has 0 aromatic rings. The second-order valence-electron chi connectivity index (χ2n) is 20.5. The second-order valence-corrected chi connectivity index (χ2v) is 20.5. The first-order valence-corrected chi connectivity index (χ1v) is 32.1. The van der Waals surface area contributed by atoms with Gasteiger partial charge in [-0.2, -0.15) is 0 Å². The van der Waals surface area contributed by atoms with E-state index in [0.29, 0.717) is 12.8 Å². The summed E-state index contributed by atoms with van der Waals surface area (Å²) in [5, 5.41) is 0. The van der Waals surface area contributed by atoms with Crippen LogP contribution in [0.25, 0.3) is 0 Å². The highest BCUT2D eigenvalue weighted by Crippen LogP contribution is 2.13. The first kappa shape index (κ1) is 74.8. The SMILES string of the molecule is CC/C=C\C/C=C\C/C=C\C/C=C\C/C=C\C/C=C\C/C=C\CCCCCC(=O)OCC(COC(=O)CCCCCCC/C=C\CCCCCCC)OC(=O)CCCCCC/C=C\C/C=C\C/C=C\C/C=C\C/C=C\C/C=C\CC. The molecular weight excluding hydrogens is 985 g/mol. The van der Waals surface area contributed by atoms with Crippen molar-refractivity contribution in [3.8, 4) is 0 Å². The molecule has 0 fully saturated rings. The highest BCUT2D eigenvalue weighted by molar-refractivity contribution is 5.71. The molecule has 0 aliphatic rings. The number of allylic oxidation sites excluding steroid dienone is 28. The summed E-state index contributed by atoms with van der Waals surface area (Å²) >= 11 is 0. The van der Waals surface area contributed by atoms with Crippen LogP contribution in [0, 0.1) is 0 Å². The molecule has 0 N–H and O–H groups in total. The topological polar surface area (TPSA) is 78.9 Å². The third-order valence-electron chi connectivity index (χ3n) is 12.9. The normalized spacial score (nSPS) is 13.3. The summed E-state index contributed by atoms with van der Waals surface area (Å²) < 4.78 is 16.9. The second kappa shape index (κ2) is 66.3. The van der Waals surface area contributed by atoms with Gasteiger partial charge in [0.15, 0.2) is 6.10 Å². The Balaban J connectivity index is 4.53. The fourth-order valence-corrected chi connectivity index (χ4v) is 8.18. The van der Waals surface area contributed by atoms with Crippen molar-refractivity contribution in [3.05, 3.63) is 170 Å². The van der Waals surface area contributed by atoms with Crippen LogP contribution in [0.3, 0.4) is 0 Å². The number of ether oxygens (including phenoxy) is 3. The molecule has 0 heterocycles. The lowest BCUT2D eigenvalue weighted by molar-refractivity contribution is -0.167. The Kier molecular flexibility index (Phi) is 61.9. The van der Waals surface area contributed by atoms with Gasteiger partial charge >= 0.3 is 17.9 Å². The number of carbonyl (C=O) groups is 3. The van der Waals surface area contributed by atoms with E-state index in [-0.39, 0.29) is 37.5 Å². The minimum Gasteiger partial charge on any atom is -0.462 e. The summed E-state index contributed by atoms with van der Waals surface area (Å²) in [5.74, 6) is -0.984. The maximum atomic E-state index is 12.9. The minimum atomic E-state index is -0.820. The Bertz CT molecular complexity index is 1840. The molecule has 0 saturated heterocycles. The maximum absolute atomic E-state index is 12.9. The zero-order valence-electron chi connectivity index (χ0n) is 51.3. The van der Waals surface area contributed by atoms with Crippen molar-refractivity contribution in [1.82, 2.24) is 0 Å². The predicted octanol–water partition coefficient (Wildman–Crippen LogP) is 22.3. The highest BCUT2D eigenvalue weighted by atomic mass is 16.6. The molecule has 1 atom stereocenters. The van der Waals surface area contributed by atoms with Gasteiger partial charge in [-0.1, -0.05) is 255 Å². The van der Waals surface area contributed by atoms with Crippen molar-refractivity contribution in [2.45, 2.75) is 264 Å². The lowest BCUT2D eigenvalue weighted by atomic mass is 10.1. The van der Waals surface area contributed by atoms with Gasteiger partial charge in [0.1, 0.15) is 13.2 Å². The van der Waals surface area contributed by atoms with Gasteiger partial charge in [0.2, 0.25) is 0 Å². The molecule has 0 saturated carbocycles. The largest absolute Gasteiger partial charge is 0.462 e. The molecule has 80 heavy (non-hydrogen) atoms. The monoisotopic (exact) mass is 1100 g/mol. The smallest absolute Gasteiger partial charge is 0.306 e. The van der Waals surface area contributed by atoms with Gasteiger partial charge in [0, 0.05) is 19.3 Å². The van der Waals surface area contributed by atoms with Crippen LogP contribution in [0.15, 0.2) is 170 Å². The van der Waals surface area contributed by atoms with Crippen LogP contribution in [-0.2, 0) is 28.6 Å². The fourth-order valence-electron chi connectivity index (χ4n) is 8.18. The Morgan fingerprint density at radius 1 is 0.263 bits per heavy atom. The third kappa shape index (κ3) is 63.6. The van der Waals surface area contributed by atoms with E-state index in [4.69, 9.17) is 14.2 Å². The Labute approximate surface area is 492 Å². The number of rotatable bonds is 56. The summed E-state index contributed by atoms with van der Waals surface area (Å²) in [5.41, 5.74) is 0. The quantitative estimate of drug-likeness (QED) is 0.0261. The van der Waals surface area contributed by atoms with Crippen molar-refractivity contribution in [3.63, 3.8) is 0 Å². The first-order chi connectivity index (χ1) is 39.5. The molecule has 6 heteroatoms. The van der Waals surface area contributed by atoms with E-state index in [2.05, 4.69) is 191 Å². The van der Waals surface area contributed by atoms with Crippen LogP contribution in [0.1, 0.15) is 258 Å². The van der Waals surface area contributed by atoms with E-state index in [1.807, 2.05) is 0 Å². The molecule has 0 spiro atoms. The predicted molar refractivity (Wildman–Crippen MR) is 348 cm³/mol. The van der Waals surface area contributed by atoms with Gasteiger partial charge in [0.05, 0.1) is 0 Å². The molecule has 0 amide bonds. The van der Waals surface area contributed by atoms with Gasteiger partial charge in [-0.25, -0.2) is 0 Å². The van der Waals surface area contributed by atoms with E-state index in [1.54, 1.807) is 0 Å². The summed E-state index contributed by atoms with van der Waals surface area (Å²) in [4.78, 5) is 38.3. The Morgan fingerprint density at radius 3 is 0.787 bits per heavy atom. The fraction of sp³-hybridized carbons (Fsp3) is 0.581. The molecule has 0 bridgehead atoms. The van der Waals surface area contributed by atoms with E-state index in [1.165, 1.54) is 44.9 Å². The van der Waals surface area contributed by atoms with Crippen LogP contribution in [0.4, 0.5) is 0 Å². The van der Waals surface area contributed by atoms with E-state index >= 15 is 0 Å². The van der Waals surface area contributed by atoms with E-state index < -0.39 is 6.10 Å². The van der Waals surface area contributed by atoms with E-state index in [9.17, 15) is 14.4 Å². The van der Waals surface area contributed by atoms with Gasteiger partial charge in [-0.15, -0.1) is 0 Å². The summed E-state index contributed by atoms with van der Waals surface area (Å²) in [7, 11) is 0. The zero-order chi connectivity index (χ0) is 57.8. The maximum Gasteiger partial charge on any atom is 0.306 e. The molecule has 0 aromatic carbocycles. The highest BCUT2D eigenvalue weighted by Gasteiger charge is 2.19. The molecular formula is C74H116O6. The van der Waals surface area contributed by atoms with E-state index in [0.717, 1.165) is 173 Å². The number of hydrogen-bond acceptors (Lipinski definition) is 6. The van der Waals surface area contributed by atoms with Crippen LogP contribution < -0.4 is 0 Å². The third-order valence-corrected chi connectivity index (χ3v) is 12.9. The number of esters is 3. The Morgan fingerprint density at radius 2 is 0.487 bits per heavy atom. The Hall–Kier alpha value is -5.23. The van der Waals surface area contributed by atoms with Crippen molar-refractivity contribution in [2.75, 3.05) is 13.2 Å². The van der Waals surface area contributed by atoms with Crippen molar-refractivity contribution < 1.29 is 28.6 Å². The molecule has 6 nitrogen and oxygen atoms in total. The van der Waals surface area contributed by atoms with Crippen LogP contribution in [-0.4, -0.2) is 37.2 Å². The molecule has 448 valence electrons. The first-order valence-electron chi connectivity index (χ1n) is 32.1. The van der Waals surface area contributed by atoms with Crippen molar-refractivity contribution in [2.24, 2.45) is 0 Å². The number of carbonyl (C=O) groups excluding carboxylic acids is 3. The van der Waals surface area contributed by atoms with Gasteiger partial charge in [-0.05, 0) is 154 Å². The van der Waals surface area contributed by atoms with Crippen molar-refractivity contribution in [1.29, 1.82) is 0 Å². The standard InChI is InChI=1S/C74H116O6/c1-4-7-10-13-16-19-22-25-28-30-32-34-36-37-39-40-42-44-46-49-52-55-58-61-64-67-73(76)79-70-71(69-78-72(75)66-63-60-57-54-51-48-27-24-21-18-15-12-9-6-3)80-74(77)68-65-62-59-56-53-50-47-45-43-41-38-35-33-31-29-26-23-20-17-14-11-8-5-2/h7-8,10-11,16-17,19-20,24-29,32-35,37,39,41-44,47,49-50,52,71H,4-6,9,12-15,18,21-23,30-31,36,38,40,45-46,48,51,53-70H2,1-3H3/b10-7-,11-8-,19-16-,20-17-,27-24-,28-25-,29-26-,34-32-,35-33-,39-37-,43-41-,44-42-,50-47-,52-49-. The molecule has 1 unspecified atom stereocenters. The van der Waals surface area contributed by atoms with Gasteiger partial charge in [0.25, 0.3) is 0 Å². The van der Waals surface area contributed by atoms with Gasteiger partial charge < -0.3 is 14.2 Å². The molecule has 0 rings (SSSR count). The summed E-state index contributed by atoms with van der Waals surface area (Å²) in [6, 6.07) is 0. The van der Waals surface area contributed by atoms with Crippen LogP contribution >= 0.6 is 0 Å². The molecule has 0 aliphatic heterocycles. The summed E-state index contributed by atoms with van der Waals surface area (Å²) in [6.07, 6.45) is 97.8. The molecule has 0 aliphatic carbocycles.